The largest absolute Gasteiger partial charge is 0.394 e. The van der Waals surface area contributed by atoms with Crippen molar-refractivity contribution >= 4 is 38.4 Å². The average molecular weight is 385 g/mol. The number of nitrogen functional groups attached to an aromatic ring is 1. The zero-order valence-corrected chi connectivity index (χ0v) is 15.3. The van der Waals surface area contributed by atoms with Crippen LogP contribution in [0.5, 0.6) is 0 Å². The van der Waals surface area contributed by atoms with Crippen molar-refractivity contribution in [2.75, 3.05) is 5.73 Å². The molecule has 1 aliphatic carbocycles. The van der Waals surface area contributed by atoms with Gasteiger partial charge < -0.3 is 10.7 Å². The molecule has 29 heavy (non-hydrogen) atoms. The molecule has 3 aromatic heterocycles. The number of nitrogens with two attached hydrogens (primary N) is 1. The fourth-order valence-corrected chi connectivity index (χ4v) is 4.28. The summed E-state index contributed by atoms with van der Waals surface area (Å²) in [6.45, 7) is 0. The van der Waals surface area contributed by atoms with Gasteiger partial charge in [-0.15, -0.1) is 0 Å². The van der Waals surface area contributed by atoms with Crippen molar-refractivity contribution in [2.24, 2.45) is 0 Å². The average Bonchev–Trinajstić information content (AvgIpc) is 3.45. The van der Waals surface area contributed by atoms with Crippen LogP contribution in [0.2, 0.25) is 0 Å². The van der Waals surface area contributed by atoms with E-state index in [1.54, 1.807) is 18.5 Å². The topological polar surface area (TPSA) is 100 Å². The highest BCUT2D eigenvalue weighted by atomic mass is 19.1. The summed E-state index contributed by atoms with van der Waals surface area (Å²) in [4.78, 5) is 20.2. The lowest BCUT2D eigenvalue weighted by Crippen LogP contribution is -2.14. The molecule has 142 valence electrons. The van der Waals surface area contributed by atoms with Crippen LogP contribution in [0.4, 0.5) is 10.1 Å². The number of pyridine rings is 2. The minimum absolute atomic E-state index is 0.101. The molecule has 0 atom stereocenters. The molecule has 1 aliphatic rings. The number of H-pyrrole nitrogens is 2. The summed E-state index contributed by atoms with van der Waals surface area (Å²) in [7, 11) is 0. The quantitative estimate of drug-likeness (QED) is 0.396. The molecule has 0 radical (unpaired) electrons. The minimum Gasteiger partial charge on any atom is -0.394 e. The molecule has 2 aromatic carbocycles. The van der Waals surface area contributed by atoms with E-state index < -0.39 is 5.82 Å². The smallest absolute Gasteiger partial charge is 0.272 e. The van der Waals surface area contributed by atoms with Crippen LogP contribution < -0.4 is 11.3 Å². The Morgan fingerprint density at radius 1 is 1.10 bits per heavy atom. The van der Waals surface area contributed by atoms with Gasteiger partial charge in [0.25, 0.3) is 5.56 Å². The first-order chi connectivity index (χ1) is 14.1. The van der Waals surface area contributed by atoms with Gasteiger partial charge in [0.2, 0.25) is 0 Å². The van der Waals surface area contributed by atoms with Crippen molar-refractivity contribution in [3.05, 3.63) is 64.5 Å². The first-order valence-corrected chi connectivity index (χ1v) is 9.48. The second-order valence-electron chi connectivity index (χ2n) is 7.56. The molecule has 1 fully saturated rings. The summed E-state index contributed by atoms with van der Waals surface area (Å²) in [5.74, 6) is 0.0778. The molecule has 3 heterocycles. The summed E-state index contributed by atoms with van der Waals surface area (Å²) < 4.78 is 14.2. The Morgan fingerprint density at radius 3 is 2.79 bits per heavy atom. The number of rotatable bonds is 2. The highest BCUT2D eigenvalue weighted by molar-refractivity contribution is 6.14. The van der Waals surface area contributed by atoms with Gasteiger partial charge in [0.1, 0.15) is 17.0 Å². The number of aromatic nitrogens is 4. The number of hydrogen-bond donors (Lipinski definition) is 3. The van der Waals surface area contributed by atoms with Crippen molar-refractivity contribution in [2.45, 2.75) is 18.8 Å². The van der Waals surface area contributed by atoms with Gasteiger partial charge in [-0.2, -0.15) is 5.10 Å². The number of nitrogens with one attached hydrogen (secondary N) is 2. The number of benzene rings is 2. The second kappa shape index (κ2) is 5.64. The molecule has 5 aromatic rings. The standard InChI is InChI=1S/C22H16FN5O/c23-16-6-5-11(15-9-26-28-19(15)16)17-14-8-13(10-3-4-10)12-2-1-7-25-20(12)21(14)27-22(29)18(17)24/h1-2,5-10H,3-4,24H2,(H,26,28)(H,27,29). The number of hydrogen-bond acceptors (Lipinski definition) is 4. The molecule has 7 heteroatoms. The van der Waals surface area contributed by atoms with Gasteiger partial charge in [-0.05, 0) is 48.1 Å². The van der Waals surface area contributed by atoms with Crippen LogP contribution in [0, 0.1) is 5.82 Å². The van der Waals surface area contributed by atoms with E-state index in [1.807, 2.05) is 12.1 Å². The molecule has 6 nitrogen and oxygen atoms in total. The van der Waals surface area contributed by atoms with E-state index in [-0.39, 0.29) is 16.8 Å². The maximum atomic E-state index is 14.2. The Balaban J connectivity index is 1.83. The molecule has 0 saturated heterocycles. The van der Waals surface area contributed by atoms with Crippen LogP contribution in [0.15, 0.2) is 47.5 Å². The molecular weight excluding hydrogens is 369 g/mol. The van der Waals surface area contributed by atoms with Crippen LogP contribution in [-0.2, 0) is 0 Å². The molecule has 4 N–H and O–H groups in total. The van der Waals surface area contributed by atoms with Crippen molar-refractivity contribution < 1.29 is 4.39 Å². The molecule has 0 aliphatic heterocycles. The molecule has 0 unspecified atom stereocenters. The third-order valence-electron chi connectivity index (χ3n) is 5.80. The second-order valence-corrected chi connectivity index (χ2v) is 7.56. The SMILES string of the molecule is Nc1c(-c2ccc(F)c3[nH]ncc23)c2cc(C3CC3)c3cccnc3c2[nH]c1=O. The lowest BCUT2D eigenvalue weighted by molar-refractivity contribution is 0.636. The number of aromatic amines is 2. The summed E-state index contributed by atoms with van der Waals surface area (Å²) in [6.07, 6.45) is 5.54. The van der Waals surface area contributed by atoms with Crippen LogP contribution in [-0.4, -0.2) is 20.2 Å². The summed E-state index contributed by atoms with van der Waals surface area (Å²) in [6, 6.07) is 9.07. The van der Waals surface area contributed by atoms with Crippen molar-refractivity contribution in [3.8, 4) is 11.1 Å². The number of nitrogens with zero attached hydrogens (tertiary/aromatic N) is 2. The third kappa shape index (κ3) is 2.24. The van der Waals surface area contributed by atoms with Gasteiger partial charge in [-0.25, -0.2) is 4.39 Å². The van der Waals surface area contributed by atoms with Gasteiger partial charge in [0.15, 0.2) is 0 Å². The Bertz CT molecular complexity index is 1510. The van der Waals surface area contributed by atoms with E-state index in [1.165, 1.54) is 11.6 Å². The summed E-state index contributed by atoms with van der Waals surface area (Å²) in [5, 5.41) is 9.10. The lowest BCUT2D eigenvalue weighted by Gasteiger charge is -2.15. The molecular formula is C22H16FN5O. The van der Waals surface area contributed by atoms with E-state index >= 15 is 0 Å². The minimum atomic E-state index is -0.403. The molecule has 6 rings (SSSR count). The van der Waals surface area contributed by atoms with E-state index in [0.29, 0.717) is 27.9 Å². The van der Waals surface area contributed by atoms with E-state index in [9.17, 15) is 9.18 Å². The van der Waals surface area contributed by atoms with Crippen molar-refractivity contribution in [1.82, 2.24) is 20.2 Å². The van der Waals surface area contributed by atoms with Crippen molar-refractivity contribution in [3.63, 3.8) is 0 Å². The Hall–Kier alpha value is -3.74. The molecule has 0 bridgehead atoms. The fourth-order valence-electron chi connectivity index (χ4n) is 4.28. The van der Waals surface area contributed by atoms with Gasteiger partial charge >= 0.3 is 0 Å². The van der Waals surface area contributed by atoms with Gasteiger partial charge in [0.05, 0.1) is 17.2 Å². The molecule has 0 spiro atoms. The Labute approximate surface area is 163 Å². The lowest BCUT2D eigenvalue weighted by atomic mass is 9.93. The maximum Gasteiger partial charge on any atom is 0.272 e. The Morgan fingerprint density at radius 2 is 1.97 bits per heavy atom. The zero-order chi connectivity index (χ0) is 19.7. The maximum absolute atomic E-state index is 14.2. The number of halogens is 1. The van der Waals surface area contributed by atoms with Gasteiger partial charge in [-0.1, -0.05) is 12.1 Å². The predicted octanol–water partition coefficient (Wildman–Crippen LogP) is 4.22. The van der Waals surface area contributed by atoms with Crippen molar-refractivity contribution in [1.29, 1.82) is 0 Å². The van der Waals surface area contributed by atoms with Gasteiger partial charge in [0, 0.05) is 27.9 Å². The monoisotopic (exact) mass is 385 g/mol. The first kappa shape index (κ1) is 16.2. The summed E-state index contributed by atoms with van der Waals surface area (Å²) >= 11 is 0. The highest BCUT2D eigenvalue weighted by Gasteiger charge is 2.28. The van der Waals surface area contributed by atoms with Gasteiger partial charge in [-0.3, -0.25) is 14.9 Å². The highest BCUT2D eigenvalue weighted by Crippen LogP contribution is 2.46. The zero-order valence-electron chi connectivity index (χ0n) is 15.3. The van der Waals surface area contributed by atoms with Crippen LogP contribution in [0.3, 0.4) is 0 Å². The predicted molar refractivity (Wildman–Crippen MR) is 111 cm³/mol. The number of anilines is 1. The van der Waals surface area contributed by atoms with E-state index in [0.717, 1.165) is 29.1 Å². The van der Waals surface area contributed by atoms with E-state index in [2.05, 4.69) is 26.2 Å². The third-order valence-corrected chi connectivity index (χ3v) is 5.80. The summed E-state index contributed by atoms with van der Waals surface area (Å²) in [5.41, 5.74) is 10.1. The fraction of sp³-hybridized carbons (Fsp3) is 0.136. The Kier molecular flexibility index (Phi) is 3.16. The normalized spacial score (nSPS) is 14.2. The van der Waals surface area contributed by atoms with Crippen LogP contribution in [0.1, 0.15) is 24.3 Å². The van der Waals surface area contributed by atoms with Crippen LogP contribution in [0.25, 0.3) is 43.8 Å². The molecule has 0 amide bonds. The molecule has 1 saturated carbocycles. The van der Waals surface area contributed by atoms with Crippen LogP contribution >= 0.6 is 0 Å². The van der Waals surface area contributed by atoms with E-state index in [4.69, 9.17) is 5.73 Å². The number of fused-ring (bicyclic) bond motifs is 4. The first-order valence-electron chi connectivity index (χ1n) is 9.48.